The van der Waals surface area contributed by atoms with Gasteiger partial charge in [0.15, 0.2) is 0 Å². The summed E-state index contributed by atoms with van der Waals surface area (Å²) in [5.41, 5.74) is 5.08. The van der Waals surface area contributed by atoms with Gasteiger partial charge in [0, 0.05) is 55.8 Å². The molecular weight excluding hydrogens is 503 g/mol. The highest BCUT2D eigenvalue weighted by atomic mass is 32.1. The minimum Gasteiger partial charge on any atom is -0.397 e. The van der Waals surface area contributed by atoms with Crippen molar-refractivity contribution in [3.05, 3.63) is 40.8 Å². The molecule has 0 bridgehead atoms. The van der Waals surface area contributed by atoms with E-state index in [1.54, 1.807) is 33.0 Å². The van der Waals surface area contributed by atoms with E-state index in [0.717, 1.165) is 48.8 Å². The molecule has 4 heterocycles. The minimum atomic E-state index is -4.52. The summed E-state index contributed by atoms with van der Waals surface area (Å²) in [5, 5.41) is 3.73. The molecule has 1 aliphatic heterocycles. The van der Waals surface area contributed by atoms with Gasteiger partial charge in [-0.3, -0.25) is 9.69 Å². The van der Waals surface area contributed by atoms with Gasteiger partial charge in [-0.2, -0.15) is 13.2 Å². The van der Waals surface area contributed by atoms with Crippen molar-refractivity contribution in [3.63, 3.8) is 0 Å². The molecule has 3 aromatic rings. The number of halogens is 3. The van der Waals surface area contributed by atoms with Crippen LogP contribution in [0.3, 0.4) is 0 Å². The van der Waals surface area contributed by atoms with Gasteiger partial charge in [-0.05, 0) is 31.5 Å². The average Bonchev–Trinajstić information content (AvgIpc) is 3.19. The van der Waals surface area contributed by atoms with Gasteiger partial charge < -0.3 is 16.0 Å². The molecule has 12 heteroatoms. The van der Waals surface area contributed by atoms with Crippen molar-refractivity contribution >= 4 is 39.0 Å². The van der Waals surface area contributed by atoms with Crippen LogP contribution < -0.4 is 16.0 Å². The summed E-state index contributed by atoms with van der Waals surface area (Å²) >= 11 is 1.29. The van der Waals surface area contributed by atoms with E-state index in [9.17, 15) is 18.0 Å². The van der Waals surface area contributed by atoms with Crippen molar-refractivity contribution in [2.24, 2.45) is 0 Å². The number of nitrogens with zero attached hydrogens (tertiary/aromatic N) is 5. The molecule has 4 rings (SSSR count). The molecule has 1 aliphatic rings. The number of aromatic nitrogens is 3. The predicted molar refractivity (Wildman–Crippen MR) is 140 cm³/mol. The lowest BCUT2D eigenvalue weighted by atomic mass is 9.95. The summed E-state index contributed by atoms with van der Waals surface area (Å²) < 4.78 is 40.3. The molecule has 0 aromatic carbocycles. The molecule has 1 saturated heterocycles. The van der Waals surface area contributed by atoms with E-state index >= 15 is 0 Å². The van der Waals surface area contributed by atoms with E-state index < -0.39 is 17.3 Å². The Morgan fingerprint density at radius 2 is 1.86 bits per heavy atom. The Morgan fingerprint density at radius 3 is 2.51 bits per heavy atom. The molecule has 1 fully saturated rings. The second-order valence-electron chi connectivity index (χ2n) is 10.2. The fourth-order valence-electron chi connectivity index (χ4n) is 4.14. The zero-order valence-corrected chi connectivity index (χ0v) is 22.0. The van der Waals surface area contributed by atoms with Crippen LogP contribution in [-0.2, 0) is 11.6 Å². The molecule has 1 amide bonds. The van der Waals surface area contributed by atoms with E-state index in [1.807, 2.05) is 11.0 Å². The number of fused-ring (bicyclic) bond motifs is 1. The Labute approximate surface area is 218 Å². The van der Waals surface area contributed by atoms with Gasteiger partial charge in [0.2, 0.25) is 0 Å². The Kier molecular flexibility index (Phi) is 7.88. The normalized spacial score (nSPS) is 15.4. The van der Waals surface area contributed by atoms with Crippen LogP contribution in [0.2, 0.25) is 0 Å². The van der Waals surface area contributed by atoms with Gasteiger partial charge in [-0.25, -0.2) is 15.0 Å². The third kappa shape index (κ3) is 6.48. The summed E-state index contributed by atoms with van der Waals surface area (Å²) in [4.78, 5) is 30.4. The van der Waals surface area contributed by atoms with Crippen LogP contribution in [0.5, 0.6) is 0 Å². The van der Waals surface area contributed by atoms with Crippen molar-refractivity contribution in [1.82, 2.24) is 25.2 Å². The molecule has 0 aliphatic carbocycles. The number of nitrogens with one attached hydrogen (secondary N) is 1. The molecule has 0 atom stereocenters. The van der Waals surface area contributed by atoms with Crippen LogP contribution in [0, 0.1) is 0 Å². The molecule has 0 radical (unpaired) electrons. The molecule has 0 unspecified atom stereocenters. The van der Waals surface area contributed by atoms with Crippen LogP contribution in [0.15, 0.2) is 24.4 Å². The maximum Gasteiger partial charge on any atom is 0.433 e. The summed E-state index contributed by atoms with van der Waals surface area (Å²) in [6, 6.07) is 4.70. The van der Waals surface area contributed by atoms with E-state index in [2.05, 4.69) is 25.2 Å². The van der Waals surface area contributed by atoms with Gasteiger partial charge in [-0.1, -0.05) is 20.8 Å². The largest absolute Gasteiger partial charge is 0.433 e. The molecule has 3 N–H and O–H groups in total. The maximum atomic E-state index is 13.4. The number of pyridine rings is 1. The van der Waals surface area contributed by atoms with Gasteiger partial charge in [0.1, 0.15) is 27.0 Å². The molecular formula is C25H32F3N7OS. The topological polar surface area (TPSA) is 100 Å². The third-order valence-electron chi connectivity index (χ3n) is 6.27. The number of nitrogens with two attached hydrogens (primary N) is 1. The lowest BCUT2D eigenvalue weighted by molar-refractivity contribution is -0.141. The fourth-order valence-corrected chi connectivity index (χ4v) is 5.12. The zero-order chi connectivity index (χ0) is 26.8. The third-order valence-corrected chi connectivity index (χ3v) is 7.40. The summed E-state index contributed by atoms with van der Waals surface area (Å²) in [6.07, 6.45) is -1.14. The Hall–Kier alpha value is -2.99. The van der Waals surface area contributed by atoms with Crippen molar-refractivity contribution in [3.8, 4) is 0 Å². The SMILES string of the molecule is CC(C)(C)c1nc(N2CCN(CCCCNC(=O)c3sc4ncccc4c3N)CC2)cc(C(F)(F)F)n1. The van der Waals surface area contributed by atoms with Crippen molar-refractivity contribution < 1.29 is 18.0 Å². The molecule has 37 heavy (non-hydrogen) atoms. The maximum absolute atomic E-state index is 13.4. The van der Waals surface area contributed by atoms with Gasteiger partial charge in [0.05, 0.1) is 5.69 Å². The molecule has 0 saturated carbocycles. The first-order valence-corrected chi connectivity index (χ1v) is 13.1. The monoisotopic (exact) mass is 535 g/mol. The number of rotatable bonds is 7. The Balaban J connectivity index is 1.24. The number of piperazine rings is 1. The predicted octanol–water partition coefficient (Wildman–Crippen LogP) is 4.32. The first-order chi connectivity index (χ1) is 17.4. The summed E-state index contributed by atoms with van der Waals surface area (Å²) in [5.74, 6) is 0.326. The highest BCUT2D eigenvalue weighted by Crippen LogP contribution is 2.33. The molecule has 8 nitrogen and oxygen atoms in total. The summed E-state index contributed by atoms with van der Waals surface area (Å²) in [7, 11) is 0. The second-order valence-corrected chi connectivity index (χ2v) is 11.2. The second kappa shape index (κ2) is 10.8. The number of hydrogen-bond donors (Lipinski definition) is 2. The van der Waals surface area contributed by atoms with Crippen molar-refractivity contribution in [2.75, 3.05) is 49.9 Å². The fraction of sp³-hybridized carbons (Fsp3) is 0.520. The first-order valence-electron chi connectivity index (χ1n) is 12.3. The number of carbonyl (C=O) groups is 1. The highest BCUT2D eigenvalue weighted by molar-refractivity contribution is 7.21. The van der Waals surface area contributed by atoms with Crippen molar-refractivity contribution in [1.29, 1.82) is 0 Å². The number of hydrogen-bond acceptors (Lipinski definition) is 8. The van der Waals surface area contributed by atoms with Crippen LogP contribution in [0.4, 0.5) is 24.7 Å². The van der Waals surface area contributed by atoms with E-state index in [4.69, 9.17) is 5.73 Å². The van der Waals surface area contributed by atoms with Crippen LogP contribution in [0.25, 0.3) is 10.2 Å². The van der Waals surface area contributed by atoms with Gasteiger partial charge >= 0.3 is 6.18 Å². The lowest BCUT2D eigenvalue weighted by Gasteiger charge is -2.36. The number of anilines is 2. The first kappa shape index (κ1) is 27.1. The number of amides is 1. The molecule has 0 spiro atoms. The Bertz CT molecular complexity index is 1220. The zero-order valence-electron chi connectivity index (χ0n) is 21.2. The summed E-state index contributed by atoms with van der Waals surface area (Å²) in [6.45, 7) is 9.45. The smallest absolute Gasteiger partial charge is 0.397 e. The number of carbonyl (C=O) groups excluding carboxylic acids is 1. The average molecular weight is 536 g/mol. The Morgan fingerprint density at radius 1 is 1.14 bits per heavy atom. The van der Waals surface area contributed by atoms with E-state index in [1.165, 1.54) is 11.3 Å². The number of nitrogen functional groups attached to an aromatic ring is 1. The van der Waals surface area contributed by atoms with Gasteiger partial charge in [0.25, 0.3) is 5.91 Å². The lowest BCUT2D eigenvalue weighted by Crippen LogP contribution is -2.47. The van der Waals surface area contributed by atoms with Crippen molar-refractivity contribution in [2.45, 2.75) is 45.2 Å². The van der Waals surface area contributed by atoms with Crippen LogP contribution in [0.1, 0.15) is 54.8 Å². The minimum absolute atomic E-state index is 0.188. The highest BCUT2D eigenvalue weighted by Gasteiger charge is 2.36. The quantitative estimate of drug-likeness (QED) is 0.435. The van der Waals surface area contributed by atoms with Crippen LogP contribution >= 0.6 is 11.3 Å². The number of alkyl halides is 3. The van der Waals surface area contributed by atoms with Crippen LogP contribution in [-0.4, -0.2) is 65.0 Å². The molecule has 200 valence electrons. The number of thiophene rings is 1. The van der Waals surface area contributed by atoms with Gasteiger partial charge in [-0.15, -0.1) is 11.3 Å². The standard InChI is InChI=1S/C25H32F3N7OS/c1-24(2,3)23-32-17(25(26,27)28)15-18(33-23)35-13-11-34(12-14-35)10-5-4-8-30-21(36)20-19(29)16-7-6-9-31-22(16)37-20/h6-7,9,15H,4-5,8,10-14,29H2,1-3H3,(H,30,36). The van der Waals surface area contributed by atoms with E-state index in [-0.39, 0.29) is 11.7 Å². The van der Waals surface area contributed by atoms with E-state index in [0.29, 0.717) is 36.0 Å². The number of unbranched alkanes of at least 4 members (excludes halogenated alkanes) is 1. The molecule has 3 aromatic heterocycles.